The molecule has 1 fully saturated rings. The minimum atomic E-state index is -0.878. The molecule has 0 aliphatic heterocycles. The smallest absolute Gasteiger partial charge is 0.315 e. The molecule has 0 bridgehead atoms. The summed E-state index contributed by atoms with van der Waals surface area (Å²) in [7, 11) is 0. The molecule has 2 atom stereocenters. The fourth-order valence-corrected chi connectivity index (χ4v) is 1.71. The lowest BCUT2D eigenvalue weighted by molar-refractivity contribution is -0.138. The quantitative estimate of drug-likeness (QED) is 0.519. The number of nitrogens with one attached hydrogen (secondary N) is 3. The first kappa shape index (κ1) is 16.3. The predicted molar refractivity (Wildman–Crippen MR) is 73.2 cm³/mol. The van der Waals surface area contributed by atoms with Crippen LogP contribution in [0.5, 0.6) is 0 Å². The minimum absolute atomic E-state index is 0.0223. The zero-order chi connectivity index (χ0) is 15.1. The van der Waals surface area contributed by atoms with Gasteiger partial charge in [0.15, 0.2) is 0 Å². The van der Waals surface area contributed by atoms with Crippen LogP contribution >= 0.6 is 0 Å². The second-order valence-electron chi connectivity index (χ2n) is 5.23. The van der Waals surface area contributed by atoms with Crippen molar-refractivity contribution in [3.63, 3.8) is 0 Å². The van der Waals surface area contributed by atoms with Gasteiger partial charge >= 0.3 is 12.0 Å². The SMILES string of the molecule is CCC(CNC(=O)NC(C)C(=O)NC1CC1)CC(=O)O. The summed E-state index contributed by atoms with van der Waals surface area (Å²) < 4.78 is 0. The highest BCUT2D eigenvalue weighted by Gasteiger charge is 2.26. The monoisotopic (exact) mass is 285 g/mol. The molecule has 0 radical (unpaired) electrons. The Balaban J connectivity index is 2.23. The number of hydrogen-bond acceptors (Lipinski definition) is 3. The van der Waals surface area contributed by atoms with E-state index in [4.69, 9.17) is 5.11 Å². The molecule has 1 aliphatic carbocycles. The van der Waals surface area contributed by atoms with Crippen molar-refractivity contribution in [2.24, 2.45) is 5.92 Å². The number of carbonyl (C=O) groups excluding carboxylic acids is 2. The van der Waals surface area contributed by atoms with Gasteiger partial charge in [0.05, 0.1) is 0 Å². The molecule has 0 aromatic heterocycles. The van der Waals surface area contributed by atoms with Gasteiger partial charge in [-0.25, -0.2) is 4.79 Å². The highest BCUT2D eigenvalue weighted by Crippen LogP contribution is 2.18. The highest BCUT2D eigenvalue weighted by atomic mass is 16.4. The average molecular weight is 285 g/mol. The summed E-state index contributed by atoms with van der Waals surface area (Å²) in [5, 5.41) is 16.6. The Morgan fingerprint density at radius 2 is 1.95 bits per heavy atom. The first-order chi connectivity index (χ1) is 9.42. The predicted octanol–water partition coefficient (Wildman–Crippen LogP) is 0.454. The summed E-state index contributed by atoms with van der Waals surface area (Å²) in [5.41, 5.74) is 0. The summed E-state index contributed by atoms with van der Waals surface area (Å²) >= 11 is 0. The van der Waals surface area contributed by atoms with Crippen LogP contribution in [0.4, 0.5) is 4.79 Å². The van der Waals surface area contributed by atoms with Crippen LogP contribution in [0, 0.1) is 5.92 Å². The Labute approximate surface area is 118 Å². The van der Waals surface area contributed by atoms with Crippen molar-refractivity contribution in [1.82, 2.24) is 16.0 Å². The molecule has 1 saturated carbocycles. The van der Waals surface area contributed by atoms with Crippen molar-refractivity contribution in [3.05, 3.63) is 0 Å². The third kappa shape index (κ3) is 6.40. The molecule has 0 saturated heterocycles. The largest absolute Gasteiger partial charge is 0.481 e. The molecule has 0 heterocycles. The second-order valence-corrected chi connectivity index (χ2v) is 5.23. The Hall–Kier alpha value is -1.79. The molecule has 4 N–H and O–H groups in total. The van der Waals surface area contributed by atoms with Crippen molar-refractivity contribution in [3.8, 4) is 0 Å². The van der Waals surface area contributed by atoms with Crippen LogP contribution in [-0.4, -0.2) is 41.6 Å². The lowest BCUT2D eigenvalue weighted by Gasteiger charge is -2.17. The van der Waals surface area contributed by atoms with Crippen molar-refractivity contribution < 1.29 is 19.5 Å². The van der Waals surface area contributed by atoms with E-state index in [0.29, 0.717) is 6.42 Å². The molecule has 0 spiro atoms. The second kappa shape index (κ2) is 7.72. The fraction of sp³-hybridized carbons (Fsp3) is 0.769. The summed E-state index contributed by atoms with van der Waals surface area (Å²) in [6.07, 6.45) is 2.69. The third-order valence-electron chi connectivity index (χ3n) is 3.26. The molecule has 0 aromatic carbocycles. The molecular formula is C13H23N3O4. The van der Waals surface area contributed by atoms with Crippen LogP contribution in [0.15, 0.2) is 0 Å². The summed E-state index contributed by atoms with van der Waals surface area (Å²) in [5.74, 6) is -1.18. The maximum atomic E-state index is 11.6. The van der Waals surface area contributed by atoms with E-state index < -0.39 is 18.0 Å². The Kier molecular flexibility index (Phi) is 6.27. The Morgan fingerprint density at radius 1 is 1.30 bits per heavy atom. The number of carbonyl (C=O) groups is 3. The first-order valence-corrected chi connectivity index (χ1v) is 6.98. The summed E-state index contributed by atoms with van der Waals surface area (Å²) in [6, 6.07) is -0.794. The molecule has 7 nitrogen and oxygen atoms in total. The van der Waals surface area contributed by atoms with E-state index in [2.05, 4.69) is 16.0 Å². The molecule has 20 heavy (non-hydrogen) atoms. The van der Waals surface area contributed by atoms with Gasteiger partial charge in [-0.1, -0.05) is 13.3 Å². The first-order valence-electron chi connectivity index (χ1n) is 6.98. The summed E-state index contributed by atoms with van der Waals surface area (Å²) in [4.78, 5) is 33.9. The lowest BCUT2D eigenvalue weighted by atomic mass is 10.0. The standard InChI is InChI=1S/C13H23N3O4/c1-3-9(6-11(17)18)7-14-13(20)15-8(2)12(19)16-10-4-5-10/h8-10H,3-7H2,1-2H3,(H,16,19)(H,17,18)(H2,14,15,20). The Bertz CT molecular complexity index is 369. The van der Waals surface area contributed by atoms with E-state index in [1.165, 1.54) is 0 Å². The van der Waals surface area contributed by atoms with Crippen LogP contribution in [0.2, 0.25) is 0 Å². The highest BCUT2D eigenvalue weighted by molar-refractivity contribution is 5.87. The average Bonchev–Trinajstić information content (AvgIpc) is 3.17. The van der Waals surface area contributed by atoms with Gasteiger partial charge in [0.25, 0.3) is 0 Å². The van der Waals surface area contributed by atoms with Crippen molar-refractivity contribution >= 4 is 17.9 Å². The number of carboxylic acid groups (broad SMARTS) is 1. The van der Waals surface area contributed by atoms with Gasteiger partial charge in [0, 0.05) is 19.0 Å². The van der Waals surface area contributed by atoms with E-state index >= 15 is 0 Å². The van der Waals surface area contributed by atoms with Gasteiger partial charge in [-0.05, 0) is 25.7 Å². The number of amides is 3. The van der Waals surface area contributed by atoms with Gasteiger partial charge in [0.2, 0.25) is 5.91 Å². The van der Waals surface area contributed by atoms with Gasteiger partial charge in [-0.3, -0.25) is 9.59 Å². The van der Waals surface area contributed by atoms with Crippen LogP contribution in [0.3, 0.4) is 0 Å². The lowest BCUT2D eigenvalue weighted by Crippen LogP contribution is -2.49. The maximum absolute atomic E-state index is 11.6. The number of rotatable bonds is 8. The number of aliphatic carboxylic acids is 1. The fourth-order valence-electron chi connectivity index (χ4n) is 1.71. The van der Waals surface area contributed by atoms with E-state index in [1.54, 1.807) is 6.92 Å². The molecule has 7 heteroatoms. The van der Waals surface area contributed by atoms with Gasteiger partial charge in [0.1, 0.15) is 6.04 Å². The molecule has 114 valence electrons. The zero-order valence-corrected chi connectivity index (χ0v) is 11.9. The van der Waals surface area contributed by atoms with Gasteiger partial charge < -0.3 is 21.1 Å². The van der Waals surface area contributed by atoms with Crippen LogP contribution in [0.1, 0.15) is 39.5 Å². The van der Waals surface area contributed by atoms with Crippen LogP contribution in [0.25, 0.3) is 0 Å². The molecule has 3 amide bonds. The van der Waals surface area contributed by atoms with Crippen LogP contribution in [-0.2, 0) is 9.59 Å². The molecule has 0 aromatic rings. The maximum Gasteiger partial charge on any atom is 0.315 e. The Morgan fingerprint density at radius 3 is 2.45 bits per heavy atom. The van der Waals surface area contributed by atoms with Gasteiger partial charge in [-0.15, -0.1) is 0 Å². The van der Waals surface area contributed by atoms with Crippen LogP contribution < -0.4 is 16.0 Å². The van der Waals surface area contributed by atoms with E-state index in [0.717, 1.165) is 12.8 Å². The number of urea groups is 1. The number of carboxylic acids is 1. The van der Waals surface area contributed by atoms with Crippen molar-refractivity contribution in [2.45, 2.75) is 51.6 Å². The van der Waals surface area contributed by atoms with Gasteiger partial charge in [-0.2, -0.15) is 0 Å². The molecule has 2 unspecified atom stereocenters. The minimum Gasteiger partial charge on any atom is -0.481 e. The molecular weight excluding hydrogens is 262 g/mol. The summed E-state index contributed by atoms with van der Waals surface area (Å²) in [6.45, 7) is 3.77. The van der Waals surface area contributed by atoms with E-state index in [-0.39, 0.29) is 30.8 Å². The van der Waals surface area contributed by atoms with E-state index in [9.17, 15) is 14.4 Å². The number of hydrogen-bond donors (Lipinski definition) is 4. The third-order valence-corrected chi connectivity index (χ3v) is 3.26. The van der Waals surface area contributed by atoms with Crippen molar-refractivity contribution in [2.75, 3.05) is 6.54 Å². The molecule has 1 rings (SSSR count). The molecule has 1 aliphatic rings. The topological polar surface area (TPSA) is 108 Å². The van der Waals surface area contributed by atoms with E-state index in [1.807, 2.05) is 6.92 Å². The normalized spacial score (nSPS) is 16.9. The zero-order valence-electron chi connectivity index (χ0n) is 11.9. The van der Waals surface area contributed by atoms with Crippen molar-refractivity contribution in [1.29, 1.82) is 0 Å².